The van der Waals surface area contributed by atoms with Crippen molar-refractivity contribution in [3.05, 3.63) is 35.9 Å². The third-order valence-corrected chi connectivity index (χ3v) is 3.55. The maximum Gasteiger partial charge on any atom is 0.251 e. The standard InChI is InChI=1S/C11H16N2O3S/c12-13-11(16)10(17-7-9(15)6-14)8-4-2-1-3-5-8/h1-5,9-10,14-15H,6-7,12H2,(H,13,16). The van der Waals surface area contributed by atoms with E-state index in [0.29, 0.717) is 0 Å². The first kappa shape index (κ1) is 14.0. The molecule has 1 rings (SSSR count). The summed E-state index contributed by atoms with van der Waals surface area (Å²) in [6.07, 6.45) is -0.836. The third-order valence-electron chi connectivity index (χ3n) is 2.15. The highest BCUT2D eigenvalue weighted by Crippen LogP contribution is 2.29. The molecule has 0 fully saturated rings. The molecule has 1 aromatic rings. The van der Waals surface area contributed by atoms with Crippen LogP contribution in [0, 0.1) is 0 Å². The lowest BCUT2D eigenvalue weighted by molar-refractivity contribution is -0.120. The van der Waals surface area contributed by atoms with Crippen LogP contribution in [0.25, 0.3) is 0 Å². The smallest absolute Gasteiger partial charge is 0.251 e. The van der Waals surface area contributed by atoms with Crippen LogP contribution in [0.15, 0.2) is 30.3 Å². The molecule has 0 aliphatic heterocycles. The first-order chi connectivity index (χ1) is 8.19. The maximum absolute atomic E-state index is 11.6. The van der Waals surface area contributed by atoms with E-state index < -0.39 is 11.4 Å². The summed E-state index contributed by atoms with van der Waals surface area (Å²) in [4.78, 5) is 11.6. The molecular formula is C11H16N2O3S. The van der Waals surface area contributed by atoms with E-state index in [4.69, 9.17) is 10.9 Å². The van der Waals surface area contributed by atoms with Gasteiger partial charge in [-0.25, -0.2) is 5.84 Å². The van der Waals surface area contributed by atoms with Crippen LogP contribution in [0.5, 0.6) is 0 Å². The molecule has 5 N–H and O–H groups in total. The van der Waals surface area contributed by atoms with Crippen molar-refractivity contribution in [1.82, 2.24) is 5.43 Å². The van der Waals surface area contributed by atoms with Crippen molar-refractivity contribution in [2.24, 2.45) is 5.84 Å². The number of benzene rings is 1. The molecular weight excluding hydrogens is 240 g/mol. The molecule has 2 unspecified atom stereocenters. The second-order valence-corrected chi connectivity index (χ2v) is 4.61. The van der Waals surface area contributed by atoms with Gasteiger partial charge in [-0.2, -0.15) is 0 Å². The van der Waals surface area contributed by atoms with E-state index in [0.717, 1.165) is 5.56 Å². The Morgan fingerprint density at radius 2 is 2.06 bits per heavy atom. The first-order valence-corrected chi connectivity index (χ1v) is 6.19. The number of nitrogens with one attached hydrogen (secondary N) is 1. The first-order valence-electron chi connectivity index (χ1n) is 5.15. The number of hydrogen-bond acceptors (Lipinski definition) is 5. The van der Waals surface area contributed by atoms with Crippen LogP contribution in [-0.4, -0.2) is 34.6 Å². The minimum atomic E-state index is -0.836. The van der Waals surface area contributed by atoms with Gasteiger partial charge >= 0.3 is 0 Å². The molecule has 0 bridgehead atoms. The highest BCUT2D eigenvalue weighted by molar-refractivity contribution is 8.00. The van der Waals surface area contributed by atoms with Gasteiger partial charge in [0.25, 0.3) is 5.91 Å². The molecule has 0 aromatic heterocycles. The topological polar surface area (TPSA) is 95.6 Å². The molecule has 0 spiro atoms. The molecule has 0 heterocycles. The second kappa shape index (κ2) is 7.29. The van der Waals surface area contributed by atoms with Gasteiger partial charge in [-0.15, -0.1) is 11.8 Å². The summed E-state index contributed by atoms with van der Waals surface area (Å²) in [5.41, 5.74) is 2.91. The number of hydrazine groups is 1. The number of amides is 1. The molecule has 1 aromatic carbocycles. The lowest BCUT2D eigenvalue weighted by atomic mass is 10.1. The van der Waals surface area contributed by atoms with E-state index >= 15 is 0 Å². The monoisotopic (exact) mass is 256 g/mol. The fourth-order valence-electron chi connectivity index (χ4n) is 1.29. The third kappa shape index (κ3) is 4.35. The van der Waals surface area contributed by atoms with Gasteiger partial charge in [0.2, 0.25) is 0 Å². The Labute approximate surface area is 104 Å². The average Bonchev–Trinajstić information content (AvgIpc) is 2.39. The summed E-state index contributed by atoms with van der Waals surface area (Å²) in [6, 6.07) is 9.15. The number of hydrogen-bond donors (Lipinski definition) is 4. The van der Waals surface area contributed by atoms with E-state index in [2.05, 4.69) is 5.43 Å². The molecule has 0 saturated carbocycles. The summed E-state index contributed by atoms with van der Waals surface area (Å²) in [5, 5.41) is 17.5. The number of carbonyl (C=O) groups is 1. The Morgan fingerprint density at radius 1 is 1.41 bits per heavy atom. The molecule has 0 saturated heterocycles. The molecule has 5 nitrogen and oxygen atoms in total. The van der Waals surface area contributed by atoms with Gasteiger partial charge in [0.1, 0.15) is 5.25 Å². The SMILES string of the molecule is NNC(=O)C(SCC(O)CO)c1ccccc1. The Hall–Kier alpha value is -1.08. The Balaban J connectivity index is 2.71. The summed E-state index contributed by atoms with van der Waals surface area (Å²) in [7, 11) is 0. The highest BCUT2D eigenvalue weighted by Gasteiger charge is 2.21. The Kier molecular flexibility index (Phi) is 5.99. The van der Waals surface area contributed by atoms with Crippen LogP contribution < -0.4 is 11.3 Å². The van der Waals surface area contributed by atoms with E-state index in [1.807, 2.05) is 30.3 Å². The van der Waals surface area contributed by atoms with Crippen molar-refractivity contribution >= 4 is 17.7 Å². The highest BCUT2D eigenvalue weighted by atomic mass is 32.2. The predicted molar refractivity (Wildman–Crippen MR) is 67.1 cm³/mol. The number of aliphatic hydroxyl groups excluding tert-OH is 2. The summed E-state index contributed by atoms with van der Waals surface area (Å²) >= 11 is 1.24. The van der Waals surface area contributed by atoms with Crippen molar-refractivity contribution in [2.45, 2.75) is 11.4 Å². The van der Waals surface area contributed by atoms with Gasteiger partial charge in [0.05, 0.1) is 12.7 Å². The molecule has 2 atom stereocenters. The normalized spacial score (nSPS) is 14.1. The molecule has 0 aliphatic rings. The van der Waals surface area contributed by atoms with E-state index in [1.54, 1.807) is 0 Å². The van der Waals surface area contributed by atoms with Crippen LogP contribution in [0.4, 0.5) is 0 Å². The van der Waals surface area contributed by atoms with E-state index in [-0.39, 0.29) is 18.3 Å². The van der Waals surface area contributed by atoms with Crippen LogP contribution in [-0.2, 0) is 4.79 Å². The van der Waals surface area contributed by atoms with Gasteiger partial charge < -0.3 is 10.2 Å². The molecule has 6 heteroatoms. The quantitative estimate of drug-likeness (QED) is 0.321. The fourth-order valence-corrected chi connectivity index (χ4v) is 2.38. The number of aliphatic hydroxyl groups is 2. The zero-order valence-corrected chi connectivity index (χ0v) is 10.1. The van der Waals surface area contributed by atoms with E-state index in [9.17, 15) is 9.90 Å². The summed E-state index contributed by atoms with van der Waals surface area (Å²) in [6.45, 7) is -0.321. The van der Waals surface area contributed by atoms with Crippen molar-refractivity contribution in [3.8, 4) is 0 Å². The number of carbonyl (C=O) groups excluding carboxylic acids is 1. The van der Waals surface area contributed by atoms with Crippen LogP contribution in [0.3, 0.4) is 0 Å². The van der Waals surface area contributed by atoms with E-state index in [1.165, 1.54) is 11.8 Å². The van der Waals surface area contributed by atoms with Crippen LogP contribution in [0.2, 0.25) is 0 Å². The van der Waals surface area contributed by atoms with Gasteiger partial charge in [-0.3, -0.25) is 10.2 Å². The van der Waals surface area contributed by atoms with Gasteiger partial charge in [0, 0.05) is 5.75 Å². The van der Waals surface area contributed by atoms with Gasteiger partial charge in [-0.05, 0) is 5.56 Å². The summed E-state index contributed by atoms with van der Waals surface area (Å²) in [5.74, 6) is 5.06. The fraction of sp³-hybridized carbons (Fsp3) is 0.364. The molecule has 0 aliphatic carbocycles. The largest absolute Gasteiger partial charge is 0.394 e. The van der Waals surface area contributed by atoms with Crippen LogP contribution in [0.1, 0.15) is 10.8 Å². The van der Waals surface area contributed by atoms with Crippen molar-refractivity contribution in [1.29, 1.82) is 0 Å². The van der Waals surface area contributed by atoms with Crippen molar-refractivity contribution < 1.29 is 15.0 Å². The second-order valence-electron chi connectivity index (χ2n) is 3.47. The lowest BCUT2D eigenvalue weighted by Gasteiger charge is -2.16. The van der Waals surface area contributed by atoms with Crippen molar-refractivity contribution in [3.63, 3.8) is 0 Å². The van der Waals surface area contributed by atoms with Gasteiger partial charge in [-0.1, -0.05) is 30.3 Å². The Bertz CT molecular complexity index is 348. The summed E-state index contributed by atoms with van der Waals surface area (Å²) < 4.78 is 0. The molecule has 94 valence electrons. The molecule has 1 amide bonds. The van der Waals surface area contributed by atoms with Crippen LogP contribution >= 0.6 is 11.8 Å². The number of thioether (sulfide) groups is 1. The van der Waals surface area contributed by atoms with Gasteiger partial charge in [0.15, 0.2) is 0 Å². The zero-order valence-electron chi connectivity index (χ0n) is 9.24. The zero-order chi connectivity index (χ0) is 12.7. The molecule has 0 radical (unpaired) electrons. The number of rotatable bonds is 6. The number of nitrogens with two attached hydrogens (primary N) is 1. The molecule has 17 heavy (non-hydrogen) atoms. The maximum atomic E-state index is 11.6. The Morgan fingerprint density at radius 3 is 2.59 bits per heavy atom. The minimum Gasteiger partial charge on any atom is -0.394 e. The lowest BCUT2D eigenvalue weighted by Crippen LogP contribution is -2.34. The average molecular weight is 256 g/mol. The van der Waals surface area contributed by atoms with Crippen molar-refractivity contribution in [2.75, 3.05) is 12.4 Å². The predicted octanol–water partition coefficient (Wildman–Crippen LogP) is -0.196. The minimum absolute atomic E-state index is 0.267.